The molecule has 0 radical (unpaired) electrons. The van der Waals surface area contributed by atoms with Crippen molar-refractivity contribution < 1.29 is 9.59 Å². The maximum absolute atomic E-state index is 12.4. The van der Waals surface area contributed by atoms with E-state index in [1.54, 1.807) is 6.08 Å². The maximum Gasteiger partial charge on any atom is 0.250 e. The number of amides is 2. The molecular formula is C27H34N4O2S. The minimum absolute atomic E-state index is 0.00920. The van der Waals surface area contributed by atoms with E-state index in [1.165, 1.54) is 11.6 Å². The molecule has 1 heterocycles. The average molecular weight is 479 g/mol. The second-order valence-electron chi connectivity index (χ2n) is 9.08. The van der Waals surface area contributed by atoms with E-state index in [0.717, 1.165) is 30.0 Å². The number of hydrogen-bond acceptors (Lipinski definition) is 4. The fourth-order valence-corrected chi connectivity index (χ4v) is 4.07. The number of piperazine rings is 1. The Balaban J connectivity index is 1.56. The first-order chi connectivity index (χ1) is 16.2. The average Bonchev–Trinajstić information content (AvgIpc) is 2.83. The Morgan fingerprint density at radius 3 is 2.21 bits per heavy atom. The predicted molar refractivity (Wildman–Crippen MR) is 144 cm³/mol. The van der Waals surface area contributed by atoms with Crippen LogP contribution < -0.4 is 15.5 Å². The number of anilines is 2. The summed E-state index contributed by atoms with van der Waals surface area (Å²) >= 11 is 5.38. The molecule has 0 bridgehead atoms. The molecule has 1 aliphatic rings. The summed E-state index contributed by atoms with van der Waals surface area (Å²) in [7, 11) is 0. The van der Waals surface area contributed by atoms with Gasteiger partial charge in [0.15, 0.2) is 5.11 Å². The number of benzene rings is 2. The highest BCUT2D eigenvalue weighted by Gasteiger charge is 2.24. The highest BCUT2D eigenvalue weighted by molar-refractivity contribution is 7.80. The monoisotopic (exact) mass is 478 g/mol. The van der Waals surface area contributed by atoms with Crippen LogP contribution in [-0.2, 0) is 9.59 Å². The second kappa shape index (κ2) is 11.8. The van der Waals surface area contributed by atoms with Gasteiger partial charge in [-0.1, -0.05) is 64.1 Å². The fourth-order valence-electron chi connectivity index (χ4n) is 3.86. The van der Waals surface area contributed by atoms with Crippen LogP contribution in [0.2, 0.25) is 0 Å². The van der Waals surface area contributed by atoms with Crippen molar-refractivity contribution in [3.8, 4) is 0 Å². The molecule has 6 nitrogen and oxygen atoms in total. The molecule has 2 aromatic rings. The van der Waals surface area contributed by atoms with Gasteiger partial charge in [-0.05, 0) is 47.5 Å². The lowest BCUT2D eigenvalue weighted by Crippen LogP contribution is -2.50. The molecule has 0 saturated carbocycles. The third kappa shape index (κ3) is 6.90. The SMILES string of the molecule is CC(C)C(=O)N1CCN(c2ccccc2NC(=S)NC(=O)/C=C/c2ccc(C(C)C)cc2)CC1. The predicted octanol–water partition coefficient (Wildman–Crippen LogP) is 4.64. The summed E-state index contributed by atoms with van der Waals surface area (Å²) < 4.78 is 0. The number of para-hydroxylation sites is 2. The van der Waals surface area contributed by atoms with E-state index in [2.05, 4.69) is 41.5 Å². The Morgan fingerprint density at radius 1 is 0.941 bits per heavy atom. The second-order valence-corrected chi connectivity index (χ2v) is 9.49. The lowest BCUT2D eigenvalue weighted by Gasteiger charge is -2.37. The normalized spacial score (nSPS) is 14.1. The molecule has 0 spiro atoms. The molecule has 0 aromatic heterocycles. The van der Waals surface area contributed by atoms with E-state index in [9.17, 15) is 9.59 Å². The van der Waals surface area contributed by atoms with E-state index in [-0.39, 0.29) is 22.8 Å². The number of carbonyl (C=O) groups is 2. The minimum Gasteiger partial charge on any atom is -0.366 e. The molecule has 2 aromatic carbocycles. The van der Waals surface area contributed by atoms with Crippen LogP contribution in [0, 0.1) is 5.92 Å². The summed E-state index contributed by atoms with van der Waals surface area (Å²) in [6.07, 6.45) is 3.25. The van der Waals surface area contributed by atoms with Gasteiger partial charge in [-0.25, -0.2) is 0 Å². The van der Waals surface area contributed by atoms with E-state index in [1.807, 2.05) is 55.1 Å². The highest BCUT2D eigenvalue weighted by atomic mass is 32.1. The van der Waals surface area contributed by atoms with Crippen LogP contribution in [0.15, 0.2) is 54.6 Å². The summed E-state index contributed by atoms with van der Waals surface area (Å²) in [4.78, 5) is 28.8. The third-order valence-electron chi connectivity index (χ3n) is 5.85. The molecule has 180 valence electrons. The molecule has 1 fully saturated rings. The summed E-state index contributed by atoms with van der Waals surface area (Å²) in [5.41, 5.74) is 4.04. The lowest BCUT2D eigenvalue weighted by atomic mass is 10.0. The molecule has 3 rings (SSSR count). The van der Waals surface area contributed by atoms with Gasteiger partial charge in [0.2, 0.25) is 11.8 Å². The number of carbonyl (C=O) groups excluding carboxylic acids is 2. The van der Waals surface area contributed by atoms with Gasteiger partial charge >= 0.3 is 0 Å². The van der Waals surface area contributed by atoms with Crippen molar-refractivity contribution in [1.82, 2.24) is 10.2 Å². The largest absolute Gasteiger partial charge is 0.366 e. The van der Waals surface area contributed by atoms with Crippen molar-refractivity contribution in [2.45, 2.75) is 33.6 Å². The van der Waals surface area contributed by atoms with Crippen LogP contribution in [0.25, 0.3) is 6.08 Å². The van der Waals surface area contributed by atoms with Crippen LogP contribution in [0.1, 0.15) is 44.7 Å². The molecule has 1 aliphatic heterocycles. The smallest absolute Gasteiger partial charge is 0.250 e. The number of thiocarbonyl (C=S) groups is 1. The Bertz CT molecular complexity index is 1040. The number of hydrogen-bond donors (Lipinski definition) is 2. The fraction of sp³-hybridized carbons (Fsp3) is 0.370. The van der Waals surface area contributed by atoms with Crippen molar-refractivity contribution in [2.75, 3.05) is 36.4 Å². The van der Waals surface area contributed by atoms with E-state index in [0.29, 0.717) is 19.0 Å². The van der Waals surface area contributed by atoms with E-state index >= 15 is 0 Å². The van der Waals surface area contributed by atoms with Gasteiger partial charge in [-0.3, -0.25) is 14.9 Å². The lowest BCUT2D eigenvalue weighted by molar-refractivity contribution is -0.134. The van der Waals surface area contributed by atoms with Crippen LogP contribution >= 0.6 is 12.2 Å². The quantitative estimate of drug-likeness (QED) is 0.468. The van der Waals surface area contributed by atoms with Gasteiger partial charge in [0, 0.05) is 38.2 Å². The zero-order valence-corrected chi connectivity index (χ0v) is 21.2. The van der Waals surface area contributed by atoms with Gasteiger partial charge in [-0.15, -0.1) is 0 Å². The van der Waals surface area contributed by atoms with Crippen molar-refractivity contribution in [1.29, 1.82) is 0 Å². The van der Waals surface area contributed by atoms with E-state index < -0.39 is 0 Å². The molecule has 0 unspecified atom stereocenters. The van der Waals surface area contributed by atoms with Crippen LogP contribution in [0.4, 0.5) is 11.4 Å². The molecular weight excluding hydrogens is 444 g/mol. The van der Waals surface area contributed by atoms with Gasteiger partial charge in [0.05, 0.1) is 11.4 Å². The molecule has 2 amide bonds. The number of nitrogens with zero attached hydrogens (tertiary/aromatic N) is 2. The molecule has 34 heavy (non-hydrogen) atoms. The summed E-state index contributed by atoms with van der Waals surface area (Å²) in [5, 5.41) is 6.11. The van der Waals surface area contributed by atoms with Crippen LogP contribution in [-0.4, -0.2) is 48.0 Å². The van der Waals surface area contributed by atoms with Crippen LogP contribution in [0.3, 0.4) is 0 Å². The Labute approximate surface area is 208 Å². The van der Waals surface area contributed by atoms with Gasteiger partial charge < -0.3 is 15.1 Å². The van der Waals surface area contributed by atoms with E-state index in [4.69, 9.17) is 12.2 Å². The van der Waals surface area contributed by atoms with Gasteiger partial charge in [-0.2, -0.15) is 0 Å². The van der Waals surface area contributed by atoms with Crippen molar-refractivity contribution in [3.05, 3.63) is 65.7 Å². The molecule has 0 aliphatic carbocycles. The number of nitrogens with one attached hydrogen (secondary N) is 2. The Hall–Kier alpha value is -3.19. The highest BCUT2D eigenvalue weighted by Crippen LogP contribution is 2.27. The van der Waals surface area contributed by atoms with Crippen molar-refractivity contribution >= 4 is 46.6 Å². The summed E-state index contributed by atoms with van der Waals surface area (Å²) in [6.45, 7) is 11.0. The topological polar surface area (TPSA) is 64.7 Å². The van der Waals surface area contributed by atoms with Gasteiger partial charge in [0.25, 0.3) is 0 Å². The first-order valence-corrected chi connectivity index (χ1v) is 12.2. The standard InChI is InChI=1S/C27H34N4O2S/c1-19(2)22-12-9-21(10-13-22)11-14-25(32)29-27(34)28-23-7-5-6-8-24(23)30-15-17-31(18-16-30)26(33)20(3)4/h5-14,19-20H,15-18H2,1-4H3,(H2,28,29,32,34)/b14-11+. The first kappa shape index (κ1) is 25.4. The Morgan fingerprint density at radius 2 is 1.59 bits per heavy atom. The number of rotatable bonds is 6. The van der Waals surface area contributed by atoms with Gasteiger partial charge in [0.1, 0.15) is 0 Å². The zero-order valence-electron chi connectivity index (χ0n) is 20.4. The summed E-state index contributed by atoms with van der Waals surface area (Å²) in [6, 6.07) is 16.0. The first-order valence-electron chi connectivity index (χ1n) is 11.8. The molecule has 7 heteroatoms. The zero-order chi connectivity index (χ0) is 24.7. The van der Waals surface area contributed by atoms with Crippen molar-refractivity contribution in [2.24, 2.45) is 5.92 Å². The molecule has 1 saturated heterocycles. The van der Waals surface area contributed by atoms with Crippen molar-refractivity contribution in [3.63, 3.8) is 0 Å². The summed E-state index contributed by atoms with van der Waals surface area (Å²) in [5.74, 6) is 0.386. The third-order valence-corrected chi connectivity index (χ3v) is 6.05. The molecule has 0 atom stereocenters. The Kier molecular flexibility index (Phi) is 8.82. The van der Waals surface area contributed by atoms with Crippen LogP contribution in [0.5, 0.6) is 0 Å². The minimum atomic E-state index is -0.288. The maximum atomic E-state index is 12.4. The molecule has 2 N–H and O–H groups in total.